The van der Waals surface area contributed by atoms with Crippen molar-refractivity contribution in [1.82, 2.24) is 10.2 Å². The first-order valence-corrected chi connectivity index (χ1v) is 9.44. The van der Waals surface area contributed by atoms with E-state index < -0.39 is 0 Å². The maximum Gasteiger partial charge on any atom is 0.246 e. The first-order chi connectivity index (χ1) is 10.1. The zero-order valence-corrected chi connectivity index (χ0v) is 14.2. The van der Waals surface area contributed by atoms with Crippen LogP contribution >= 0.6 is 11.8 Å². The molecule has 0 aromatic carbocycles. The lowest BCUT2D eigenvalue weighted by Crippen LogP contribution is -2.65. The maximum atomic E-state index is 12.8. The van der Waals surface area contributed by atoms with Gasteiger partial charge in [-0.3, -0.25) is 9.59 Å². The Morgan fingerprint density at radius 1 is 1.33 bits per heavy atom. The topological polar surface area (TPSA) is 49.4 Å². The summed E-state index contributed by atoms with van der Waals surface area (Å²) in [6.45, 7) is 7.02. The molecule has 4 nitrogen and oxygen atoms in total. The highest BCUT2D eigenvalue weighted by Gasteiger charge is 2.47. The molecule has 120 valence electrons. The third-order valence-electron chi connectivity index (χ3n) is 4.62. The van der Waals surface area contributed by atoms with E-state index in [2.05, 4.69) is 26.1 Å². The summed E-state index contributed by atoms with van der Waals surface area (Å²) in [6.07, 6.45) is 4.04. The van der Waals surface area contributed by atoms with E-state index in [0.29, 0.717) is 5.92 Å². The van der Waals surface area contributed by atoms with Crippen LogP contribution in [0.5, 0.6) is 0 Å². The van der Waals surface area contributed by atoms with Crippen molar-refractivity contribution in [2.45, 2.75) is 58.5 Å². The lowest BCUT2D eigenvalue weighted by molar-refractivity contribution is -0.152. The minimum atomic E-state index is -0.274. The molecule has 0 spiro atoms. The van der Waals surface area contributed by atoms with Crippen LogP contribution in [0, 0.1) is 11.8 Å². The summed E-state index contributed by atoms with van der Waals surface area (Å²) in [5.41, 5.74) is 0. The van der Waals surface area contributed by atoms with Gasteiger partial charge < -0.3 is 10.2 Å². The minimum absolute atomic E-state index is 0.0593. The summed E-state index contributed by atoms with van der Waals surface area (Å²) < 4.78 is 0. The number of amides is 2. The van der Waals surface area contributed by atoms with E-state index in [9.17, 15) is 9.59 Å². The van der Waals surface area contributed by atoms with Crippen molar-refractivity contribution in [3.63, 3.8) is 0 Å². The van der Waals surface area contributed by atoms with Gasteiger partial charge in [0.15, 0.2) is 0 Å². The van der Waals surface area contributed by atoms with Gasteiger partial charge in [0, 0.05) is 6.54 Å². The zero-order valence-electron chi connectivity index (χ0n) is 13.4. The van der Waals surface area contributed by atoms with Crippen LogP contribution < -0.4 is 5.32 Å². The summed E-state index contributed by atoms with van der Waals surface area (Å²) in [5.74, 6) is 2.98. The van der Waals surface area contributed by atoms with Crippen molar-refractivity contribution in [2.75, 3.05) is 18.1 Å². The molecule has 2 fully saturated rings. The second kappa shape index (κ2) is 7.52. The van der Waals surface area contributed by atoms with Gasteiger partial charge in [0.2, 0.25) is 11.8 Å². The molecule has 3 unspecified atom stereocenters. The number of piperazine rings is 1. The Morgan fingerprint density at radius 3 is 2.62 bits per heavy atom. The molecule has 5 heteroatoms. The molecule has 0 aromatic rings. The zero-order chi connectivity index (χ0) is 15.4. The molecule has 1 aliphatic heterocycles. The molecule has 2 aliphatic rings. The fraction of sp³-hybridized carbons (Fsp3) is 0.875. The molecule has 3 atom stereocenters. The van der Waals surface area contributed by atoms with Gasteiger partial charge in [0.1, 0.15) is 12.1 Å². The molecular formula is C16H28N2O2S. The van der Waals surface area contributed by atoms with Crippen LogP contribution in [0.25, 0.3) is 0 Å². The summed E-state index contributed by atoms with van der Waals surface area (Å²) in [4.78, 5) is 27.1. The van der Waals surface area contributed by atoms with E-state index >= 15 is 0 Å². The predicted octanol–water partition coefficient (Wildman–Crippen LogP) is 2.28. The number of carbonyl (C=O) groups is 2. The van der Waals surface area contributed by atoms with Crippen LogP contribution in [-0.4, -0.2) is 46.8 Å². The van der Waals surface area contributed by atoms with Crippen LogP contribution in [0.1, 0.15) is 46.5 Å². The Kier molecular flexibility index (Phi) is 5.97. The Bertz CT molecular complexity index is 384. The molecule has 2 amide bonds. The monoisotopic (exact) mass is 312 g/mol. The number of carbonyl (C=O) groups excluding carboxylic acids is 2. The van der Waals surface area contributed by atoms with Crippen molar-refractivity contribution in [2.24, 2.45) is 11.8 Å². The molecule has 0 bridgehead atoms. The average molecular weight is 312 g/mol. The van der Waals surface area contributed by atoms with Crippen LogP contribution in [0.2, 0.25) is 0 Å². The average Bonchev–Trinajstić information content (AvgIpc) is 3.30. The van der Waals surface area contributed by atoms with Gasteiger partial charge in [-0.1, -0.05) is 27.2 Å². The molecule has 1 saturated heterocycles. The van der Waals surface area contributed by atoms with E-state index in [1.165, 1.54) is 0 Å². The van der Waals surface area contributed by atoms with Gasteiger partial charge in [-0.05, 0) is 42.6 Å². The minimum Gasteiger partial charge on any atom is -0.342 e. The lowest BCUT2D eigenvalue weighted by atomic mass is 9.92. The Balaban J connectivity index is 2.06. The molecule has 1 saturated carbocycles. The molecular weight excluding hydrogens is 284 g/mol. The highest BCUT2D eigenvalue weighted by molar-refractivity contribution is 7.99. The number of hydrogen-bond acceptors (Lipinski definition) is 3. The van der Waals surface area contributed by atoms with Crippen LogP contribution in [0.3, 0.4) is 0 Å². The van der Waals surface area contributed by atoms with Gasteiger partial charge in [-0.15, -0.1) is 0 Å². The molecule has 1 aliphatic carbocycles. The third kappa shape index (κ3) is 3.93. The number of nitrogens with zero attached hydrogens (tertiary/aromatic N) is 1. The predicted molar refractivity (Wildman–Crippen MR) is 87.2 cm³/mol. The summed E-state index contributed by atoms with van der Waals surface area (Å²) in [5, 5.41) is 2.99. The van der Waals surface area contributed by atoms with Crippen molar-refractivity contribution in [3.8, 4) is 0 Å². The van der Waals surface area contributed by atoms with E-state index in [0.717, 1.165) is 43.7 Å². The normalized spacial score (nSPS) is 27.7. The summed E-state index contributed by atoms with van der Waals surface area (Å²) in [6, 6.07) is -0.527. The number of nitrogens with one attached hydrogen (secondary N) is 1. The van der Waals surface area contributed by atoms with Crippen LogP contribution in [0.4, 0.5) is 0 Å². The van der Waals surface area contributed by atoms with Gasteiger partial charge >= 0.3 is 0 Å². The van der Waals surface area contributed by atoms with Gasteiger partial charge in [-0.25, -0.2) is 0 Å². The fourth-order valence-electron chi connectivity index (χ4n) is 3.03. The first-order valence-electron chi connectivity index (χ1n) is 8.28. The van der Waals surface area contributed by atoms with Gasteiger partial charge in [0.05, 0.1) is 0 Å². The Labute approximate surface area is 132 Å². The number of hydrogen-bond donors (Lipinski definition) is 1. The third-order valence-corrected chi connectivity index (χ3v) is 5.61. The van der Waals surface area contributed by atoms with Crippen molar-refractivity contribution >= 4 is 23.6 Å². The summed E-state index contributed by atoms with van der Waals surface area (Å²) >= 11 is 1.90. The molecule has 21 heavy (non-hydrogen) atoms. The molecule has 0 radical (unpaired) electrons. The molecule has 1 heterocycles. The van der Waals surface area contributed by atoms with Gasteiger partial charge in [0.25, 0.3) is 0 Å². The quantitative estimate of drug-likeness (QED) is 0.700. The molecule has 1 N–H and O–H groups in total. The molecule has 2 rings (SSSR count). The highest BCUT2D eigenvalue weighted by Crippen LogP contribution is 2.36. The molecule has 0 aromatic heterocycles. The van der Waals surface area contributed by atoms with Crippen molar-refractivity contribution in [3.05, 3.63) is 0 Å². The SMILES string of the molecule is CCSCCCN1C(=O)C(C2CC2)NC(=O)C1C(C)CC. The summed E-state index contributed by atoms with van der Waals surface area (Å²) in [7, 11) is 0. The van der Waals surface area contributed by atoms with E-state index in [4.69, 9.17) is 0 Å². The second-order valence-electron chi connectivity index (χ2n) is 6.24. The Morgan fingerprint density at radius 2 is 2.05 bits per heavy atom. The first kappa shape index (κ1) is 16.7. The van der Waals surface area contributed by atoms with E-state index in [1.807, 2.05) is 16.7 Å². The van der Waals surface area contributed by atoms with Crippen molar-refractivity contribution in [1.29, 1.82) is 0 Å². The van der Waals surface area contributed by atoms with E-state index in [-0.39, 0.29) is 29.8 Å². The second-order valence-corrected chi connectivity index (χ2v) is 7.63. The van der Waals surface area contributed by atoms with E-state index in [1.54, 1.807) is 0 Å². The van der Waals surface area contributed by atoms with Gasteiger partial charge in [-0.2, -0.15) is 11.8 Å². The Hall–Kier alpha value is -0.710. The van der Waals surface area contributed by atoms with Crippen LogP contribution in [-0.2, 0) is 9.59 Å². The fourth-order valence-corrected chi connectivity index (χ4v) is 3.65. The largest absolute Gasteiger partial charge is 0.342 e. The van der Waals surface area contributed by atoms with Crippen molar-refractivity contribution < 1.29 is 9.59 Å². The smallest absolute Gasteiger partial charge is 0.246 e. The highest BCUT2D eigenvalue weighted by atomic mass is 32.2. The number of rotatable bonds is 8. The number of thioether (sulfide) groups is 1. The lowest BCUT2D eigenvalue weighted by Gasteiger charge is -2.41. The maximum absolute atomic E-state index is 12.8. The van der Waals surface area contributed by atoms with Crippen LogP contribution in [0.15, 0.2) is 0 Å². The standard InChI is InChI=1S/C16H28N2O2S/c1-4-11(3)14-15(19)17-13(12-7-8-12)16(20)18(14)9-6-10-21-5-2/h11-14H,4-10H2,1-3H3,(H,17,19).